The highest BCUT2D eigenvalue weighted by Gasteiger charge is 2.32. The van der Waals surface area contributed by atoms with Crippen LogP contribution in [0.15, 0.2) is 49.2 Å². The first-order valence-electron chi connectivity index (χ1n) is 9.23. The number of hydrogen-bond donors (Lipinski definition) is 1. The first-order chi connectivity index (χ1) is 15.3. The van der Waals surface area contributed by atoms with Crippen LogP contribution in [0.2, 0.25) is 5.02 Å². The molecule has 0 bridgehead atoms. The second-order valence-electron chi connectivity index (χ2n) is 6.77. The SMILES string of the molecule is CC(Nc1ncnc2c(Cl)cc(C(F)(F)F)cc12)c1nccnc1-c1ccc(C#N)cn1. The Balaban J connectivity index is 1.75. The van der Waals surface area contributed by atoms with E-state index in [2.05, 4.69) is 30.2 Å². The number of hydrogen-bond acceptors (Lipinski definition) is 7. The Morgan fingerprint density at radius 1 is 1.06 bits per heavy atom. The van der Waals surface area contributed by atoms with Gasteiger partial charge in [0.05, 0.1) is 39.1 Å². The molecule has 4 rings (SSSR count). The summed E-state index contributed by atoms with van der Waals surface area (Å²) < 4.78 is 39.9. The molecule has 11 heteroatoms. The molecule has 7 nitrogen and oxygen atoms in total. The zero-order chi connectivity index (χ0) is 22.9. The summed E-state index contributed by atoms with van der Waals surface area (Å²) in [6, 6.07) is 6.53. The largest absolute Gasteiger partial charge is 0.416 e. The summed E-state index contributed by atoms with van der Waals surface area (Å²) in [6.07, 6.45) is 1.06. The fraction of sp³-hybridized carbons (Fsp3) is 0.143. The van der Waals surface area contributed by atoms with Crippen LogP contribution in [0, 0.1) is 11.3 Å². The van der Waals surface area contributed by atoms with Crippen molar-refractivity contribution in [1.29, 1.82) is 5.26 Å². The van der Waals surface area contributed by atoms with Gasteiger partial charge in [-0.25, -0.2) is 9.97 Å². The lowest BCUT2D eigenvalue weighted by Crippen LogP contribution is -2.13. The number of nitriles is 1. The zero-order valence-electron chi connectivity index (χ0n) is 16.4. The van der Waals surface area contributed by atoms with Crippen molar-refractivity contribution in [3.63, 3.8) is 0 Å². The van der Waals surface area contributed by atoms with Gasteiger partial charge in [-0.2, -0.15) is 18.4 Å². The van der Waals surface area contributed by atoms with Gasteiger partial charge in [0.2, 0.25) is 0 Å². The Hall–Kier alpha value is -3.84. The van der Waals surface area contributed by atoms with Crippen molar-refractivity contribution < 1.29 is 13.2 Å². The van der Waals surface area contributed by atoms with E-state index in [-0.39, 0.29) is 21.7 Å². The number of aromatic nitrogens is 5. The molecule has 0 aliphatic carbocycles. The van der Waals surface area contributed by atoms with E-state index in [0.29, 0.717) is 22.6 Å². The molecule has 0 saturated carbocycles. The van der Waals surface area contributed by atoms with Crippen LogP contribution in [0.5, 0.6) is 0 Å². The smallest absolute Gasteiger partial charge is 0.361 e. The summed E-state index contributed by atoms with van der Waals surface area (Å²) >= 11 is 6.05. The molecule has 3 aromatic heterocycles. The molecule has 0 amide bonds. The molecule has 1 N–H and O–H groups in total. The van der Waals surface area contributed by atoms with Gasteiger partial charge in [-0.15, -0.1) is 0 Å². The first-order valence-corrected chi connectivity index (χ1v) is 9.61. The Bertz CT molecular complexity index is 1330. The van der Waals surface area contributed by atoms with Crippen molar-refractivity contribution in [3.05, 3.63) is 71.0 Å². The lowest BCUT2D eigenvalue weighted by molar-refractivity contribution is -0.137. The molecular formula is C21H13ClF3N7. The van der Waals surface area contributed by atoms with Crippen molar-refractivity contribution in [1.82, 2.24) is 24.9 Å². The number of anilines is 1. The van der Waals surface area contributed by atoms with Crippen LogP contribution in [-0.2, 0) is 6.18 Å². The van der Waals surface area contributed by atoms with E-state index in [1.165, 1.54) is 24.9 Å². The predicted octanol–water partition coefficient (Wildman–Crippen LogP) is 5.20. The van der Waals surface area contributed by atoms with Crippen molar-refractivity contribution in [2.45, 2.75) is 19.1 Å². The predicted molar refractivity (Wildman–Crippen MR) is 112 cm³/mol. The average molecular weight is 456 g/mol. The third-order valence-corrected chi connectivity index (χ3v) is 4.93. The van der Waals surface area contributed by atoms with Crippen LogP contribution in [0.3, 0.4) is 0 Å². The maximum absolute atomic E-state index is 13.3. The van der Waals surface area contributed by atoms with Crippen molar-refractivity contribution in [2.75, 3.05) is 5.32 Å². The minimum Gasteiger partial charge on any atom is -0.361 e. The van der Waals surface area contributed by atoms with Crippen molar-refractivity contribution in [2.24, 2.45) is 0 Å². The fourth-order valence-corrected chi connectivity index (χ4v) is 3.41. The number of rotatable bonds is 4. The average Bonchev–Trinajstić information content (AvgIpc) is 2.79. The van der Waals surface area contributed by atoms with E-state index in [4.69, 9.17) is 16.9 Å². The second kappa shape index (κ2) is 8.36. The summed E-state index contributed by atoms with van der Waals surface area (Å²) in [5.41, 5.74) is 1.14. The van der Waals surface area contributed by atoms with Gasteiger partial charge >= 0.3 is 6.18 Å². The summed E-state index contributed by atoms with van der Waals surface area (Å²) in [5.74, 6) is 0.167. The van der Waals surface area contributed by atoms with E-state index >= 15 is 0 Å². The van der Waals surface area contributed by atoms with E-state index < -0.39 is 17.8 Å². The van der Waals surface area contributed by atoms with E-state index in [9.17, 15) is 13.2 Å². The van der Waals surface area contributed by atoms with Crippen molar-refractivity contribution in [3.8, 4) is 17.5 Å². The Morgan fingerprint density at radius 2 is 1.84 bits per heavy atom. The molecule has 0 aliphatic heterocycles. The van der Waals surface area contributed by atoms with Gasteiger partial charge in [-0.1, -0.05) is 11.6 Å². The van der Waals surface area contributed by atoms with Gasteiger partial charge in [0, 0.05) is 24.0 Å². The first kappa shape index (κ1) is 21.4. The van der Waals surface area contributed by atoms with Gasteiger partial charge in [-0.3, -0.25) is 15.0 Å². The van der Waals surface area contributed by atoms with Gasteiger partial charge < -0.3 is 5.32 Å². The highest BCUT2D eigenvalue weighted by atomic mass is 35.5. The van der Waals surface area contributed by atoms with Crippen LogP contribution >= 0.6 is 11.6 Å². The highest BCUT2D eigenvalue weighted by molar-refractivity contribution is 6.35. The minimum atomic E-state index is -4.57. The highest BCUT2D eigenvalue weighted by Crippen LogP contribution is 2.37. The summed E-state index contributed by atoms with van der Waals surface area (Å²) in [7, 11) is 0. The zero-order valence-corrected chi connectivity index (χ0v) is 17.1. The fourth-order valence-electron chi connectivity index (χ4n) is 3.14. The maximum atomic E-state index is 13.3. The maximum Gasteiger partial charge on any atom is 0.416 e. The number of benzene rings is 1. The molecular weight excluding hydrogens is 443 g/mol. The molecule has 32 heavy (non-hydrogen) atoms. The minimum absolute atomic E-state index is 0.126. The number of alkyl halides is 3. The molecule has 160 valence electrons. The van der Waals surface area contributed by atoms with Crippen LogP contribution < -0.4 is 5.32 Å². The number of pyridine rings is 1. The summed E-state index contributed by atoms with van der Waals surface area (Å²) in [4.78, 5) is 21.1. The number of nitrogens with zero attached hydrogens (tertiary/aromatic N) is 6. The summed E-state index contributed by atoms with van der Waals surface area (Å²) in [5, 5.41) is 12.0. The number of nitrogens with one attached hydrogen (secondary N) is 1. The summed E-state index contributed by atoms with van der Waals surface area (Å²) in [6.45, 7) is 1.76. The molecule has 4 aromatic rings. The van der Waals surface area contributed by atoms with E-state index in [1.54, 1.807) is 19.1 Å². The topological polar surface area (TPSA) is 100 Å². The molecule has 0 spiro atoms. The molecule has 1 atom stereocenters. The lowest BCUT2D eigenvalue weighted by atomic mass is 10.1. The standard InChI is InChI=1S/C21H13ClF3N7/c1-11(17-19(28-5-4-27-17)16-3-2-12(8-26)9-29-16)32-20-14-6-13(21(23,24)25)7-15(22)18(14)30-10-31-20/h2-7,9-11H,1H3,(H,30,31,32). The van der Waals surface area contributed by atoms with Crippen LogP contribution in [-0.4, -0.2) is 24.9 Å². The molecule has 0 radical (unpaired) electrons. The molecule has 0 saturated heterocycles. The van der Waals surface area contributed by atoms with Gasteiger partial charge in [0.25, 0.3) is 0 Å². The molecule has 1 unspecified atom stereocenters. The number of fused-ring (bicyclic) bond motifs is 1. The number of halogens is 4. The third-order valence-electron chi connectivity index (χ3n) is 4.64. The monoisotopic (exact) mass is 455 g/mol. The second-order valence-corrected chi connectivity index (χ2v) is 7.18. The van der Waals surface area contributed by atoms with Crippen LogP contribution in [0.1, 0.15) is 29.8 Å². The normalized spacial score (nSPS) is 12.4. The van der Waals surface area contributed by atoms with Crippen LogP contribution in [0.25, 0.3) is 22.3 Å². The Kier molecular flexibility index (Phi) is 5.59. The Morgan fingerprint density at radius 3 is 2.53 bits per heavy atom. The molecule has 0 aliphatic rings. The van der Waals surface area contributed by atoms with Crippen molar-refractivity contribution >= 4 is 28.3 Å². The third kappa shape index (κ3) is 4.15. The van der Waals surface area contributed by atoms with Crippen LogP contribution in [0.4, 0.5) is 19.0 Å². The quantitative estimate of drug-likeness (QED) is 0.451. The Labute approximate surface area is 185 Å². The molecule has 0 fully saturated rings. The molecule has 1 aromatic carbocycles. The van der Waals surface area contributed by atoms with E-state index in [1.807, 2.05) is 6.07 Å². The van der Waals surface area contributed by atoms with Gasteiger partial charge in [0.15, 0.2) is 0 Å². The van der Waals surface area contributed by atoms with Gasteiger partial charge in [-0.05, 0) is 31.2 Å². The molecule has 3 heterocycles. The van der Waals surface area contributed by atoms with E-state index in [0.717, 1.165) is 12.1 Å². The lowest BCUT2D eigenvalue weighted by Gasteiger charge is -2.18. The van der Waals surface area contributed by atoms with Gasteiger partial charge in [0.1, 0.15) is 23.9 Å².